The fourth-order valence-corrected chi connectivity index (χ4v) is 1.17. The van der Waals surface area contributed by atoms with Crippen molar-refractivity contribution in [3.05, 3.63) is 35.4 Å². The van der Waals surface area contributed by atoms with Crippen LogP contribution in [0.3, 0.4) is 0 Å². The molecular weight excluding hydrogens is 234 g/mol. The molecule has 6 heteroatoms. The highest BCUT2D eigenvalue weighted by molar-refractivity contribution is 5.85. The lowest BCUT2D eigenvalue weighted by atomic mass is 10.0. The van der Waals surface area contributed by atoms with Crippen LogP contribution in [0.4, 0.5) is 17.6 Å². The molecule has 0 aliphatic rings. The zero-order valence-corrected chi connectivity index (χ0v) is 8.41. The molecule has 1 aromatic carbocycles. The summed E-state index contributed by atoms with van der Waals surface area (Å²) in [4.78, 5) is 0. The molecule has 0 heterocycles. The van der Waals surface area contributed by atoms with E-state index < -0.39 is 36.1 Å². The summed E-state index contributed by atoms with van der Waals surface area (Å²) < 4.78 is 49.8. The van der Waals surface area contributed by atoms with Crippen LogP contribution in [0.2, 0.25) is 0 Å². The molecule has 0 spiro atoms. The molecule has 0 saturated heterocycles. The van der Waals surface area contributed by atoms with E-state index in [2.05, 4.69) is 0 Å². The smallest absolute Gasteiger partial charge is 0.240 e. The second-order valence-electron chi connectivity index (χ2n) is 2.87. The fraction of sp³-hybridized carbons (Fsp3) is 0.333. The van der Waals surface area contributed by atoms with E-state index in [4.69, 9.17) is 5.73 Å². The Kier molecular flexibility index (Phi) is 5.60. The summed E-state index contributed by atoms with van der Waals surface area (Å²) in [5, 5.41) is 0. The van der Waals surface area contributed by atoms with E-state index >= 15 is 0 Å². The summed E-state index contributed by atoms with van der Waals surface area (Å²) >= 11 is 0. The summed E-state index contributed by atoms with van der Waals surface area (Å²) in [7, 11) is 0. The first-order valence-corrected chi connectivity index (χ1v) is 4.00. The predicted octanol–water partition coefficient (Wildman–Crippen LogP) is 3.04. The molecular formula is C9H10ClF4N. The average molecular weight is 244 g/mol. The lowest BCUT2D eigenvalue weighted by Gasteiger charge is -2.12. The molecule has 0 unspecified atom stereocenters. The summed E-state index contributed by atoms with van der Waals surface area (Å²) in [6, 6.07) is 1.83. The molecule has 0 saturated carbocycles. The van der Waals surface area contributed by atoms with Gasteiger partial charge in [-0.15, -0.1) is 12.4 Å². The molecule has 0 amide bonds. The first kappa shape index (κ1) is 14.2. The Hall–Kier alpha value is -0.810. The van der Waals surface area contributed by atoms with E-state index in [0.717, 1.165) is 18.2 Å². The van der Waals surface area contributed by atoms with Gasteiger partial charge >= 0.3 is 0 Å². The van der Waals surface area contributed by atoms with Gasteiger partial charge in [0, 0.05) is 18.0 Å². The van der Waals surface area contributed by atoms with Crippen LogP contribution in [0.15, 0.2) is 18.2 Å². The number of hydrogen-bond donors (Lipinski definition) is 1. The fourth-order valence-electron chi connectivity index (χ4n) is 1.17. The second kappa shape index (κ2) is 5.92. The Morgan fingerprint density at radius 2 is 1.60 bits per heavy atom. The van der Waals surface area contributed by atoms with Crippen molar-refractivity contribution < 1.29 is 17.6 Å². The van der Waals surface area contributed by atoms with Gasteiger partial charge in [0.25, 0.3) is 0 Å². The van der Waals surface area contributed by atoms with Crippen molar-refractivity contribution in [3.8, 4) is 0 Å². The minimum absolute atomic E-state index is 0. The van der Waals surface area contributed by atoms with Gasteiger partial charge in [-0.2, -0.15) is 0 Å². The molecule has 0 aliphatic heterocycles. The Morgan fingerprint density at radius 3 is 2.00 bits per heavy atom. The van der Waals surface area contributed by atoms with Crippen LogP contribution in [-0.2, 0) is 0 Å². The van der Waals surface area contributed by atoms with Crippen molar-refractivity contribution in [2.75, 3.05) is 0 Å². The van der Waals surface area contributed by atoms with Gasteiger partial charge in [-0.25, -0.2) is 17.6 Å². The van der Waals surface area contributed by atoms with Crippen molar-refractivity contribution in [2.45, 2.75) is 18.9 Å². The SMILES string of the molecule is Cl.N[C@H](CC(F)F)c1c(F)cccc1F. The van der Waals surface area contributed by atoms with Crippen LogP contribution in [0.25, 0.3) is 0 Å². The van der Waals surface area contributed by atoms with E-state index in [1.54, 1.807) is 0 Å². The maximum Gasteiger partial charge on any atom is 0.240 e. The lowest BCUT2D eigenvalue weighted by molar-refractivity contribution is 0.127. The van der Waals surface area contributed by atoms with E-state index in [1.165, 1.54) is 0 Å². The number of halogens is 5. The first-order valence-electron chi connectivity index (χ1n) is 4.00. The minimum atomic E-state index is -2.68. The molecule has 0 bridgehead atoms. The Morgan fingerprint density at radius 1 is 1.13 bits per heavy atom. The normalized spacial score (nSPS) is 12.4. The van der Waals surface area contributed by atoms with Crippen molar-refractivity contribution in [1.82, 2.24) is 0 Å². The first-order chi connectivity index (χ1) is 6.52. The Balaban J connectivity index is 0.00000196. The molecule has 1 atom stereocenters. The van der Waals surface area contributed by atoms with Gasteiger partial charge in [0.05, 0.1) is 0 Å². The summed E-state index contributed by atoms with van der Waals surface area (Å²) in [6.07, 6.45) is -3.43. The van der Waals surface area contributed by atoms with Gasteiger partial charge in [-0.3, -0.25) is 0 Å². The van der Waals surface area contributed by atoms with Gasteiger partial charge in [0.1, 0.15) is 11.6 Å². The third-order valence-electron chi connectivity index (χ3n) is 1.80. The molecule has 0 aromatic heterocycles. The Bertz CT molecular complexity index is 299. The minimum Gasteiger partial charge on any atom is -0.324 e. The lowest BCUT2D eigenvalue weighted by Crippen LogP contribution is -2.17. The van der Waals surface area contributed by atoms with Crippen molar-refractivity contribution >= 4 is 12.4 Å². The molecule has 15 heavy (non-hydrogen) atoms. The van der Waals surface area contributed by atoms with Gasteiger partial charge < -0.3 is 5.73 Å². The topological polar surface area (TPSA) is 26.0 Å². The zero-order valence-electron chi connectivity index (χ0n) is 7.59. The van der Waals surface area contributed by atoms with Gasteiger partial charge in [-0.05, 0) is 12.1 Å². The maximum absolute atomic E-state index is 13.0. The van der Waals surface area contributed by atoms with E-state index in [-0.39, 0.29) is 12.4 Å². The number of rotatable bonds is 3. The molecule has 86 valence electrons. The largest absolute Gasteiger partial charge is 0.324 e. The van der Waals surface area contributed by atoms with Gasteiger partial charge in [0.2, 0.25) is 6.43 Å². The molecule has 0 fully saturated rings. The quantitative estimate of drug-likeness (QED) is 0.812. The van der Waals surface area contributed by atoms with Crippen LogP contribution in [0.5, 0.6) is 0 Å². The van der Waals surface area contributed by atoms with Crippen molar-refractivity contribution in [1.29, 1.82) is 0 Å². The monoisotopic (exact) mass is 243 g/mol. The molecule has 2 N–H and O–H groups in total. The number of alkyl halides is 2. The van der Waals surface area contributed by atoms with Crippen LogP contribution in [-0.4, -0.2) is 6.43 Å². The van der Waals surface area contributed by atoms with Gasteiger partial charge in [0.15, 0.2) is 0 Å². The highest BCUT2D eigenvalue weighted by Gasteiger charge is 2.19. The van der Waals surface area contributed by atoms with Gasteiger partial charge in [-0.1, -0.05) is 6.07 Å². The Labute approximate surface area is 90.7 Å². The molecule has 1 nitrogen and oxygen atoms in total. The zero-order chi connectivity index (χ0) is 10.7. The summed E-state index contributed by atoms with van der Waals surface area (Å²) in [5.74, 6) is -1.78. The van der Waals surface area contributed by atoms with Crippen molar-refractivity contribution in [2.24, 2.45) is 5.73 Å². The second-order valence-corrected chi connectivity index (χ2v) is 2.87. The third-order valence-corrected chi connectivity index (χ3v) is 1.80. The third kappa shape index (κ3) is 3.68. The average Bonchev–Trinajstić information content (AvgIpc) is 2.01. The van der Waals surface area contributed by atoms with E-state index in [0.29, 0.717) is 0 Å². The molecule has 0 aliphatic carbocycles. The van der Waals surface area contributed by atoms with Crippen LogP contribution in [0, 0.1) is 11.6 Å². The molecule has 1 aromatic rings. The molecule has 0 radical (unpaired) electrons. The highest BCUT2D eigenvalue weighted by Crippen LogP contribution is 2.23. The highest BCUT2D eigenvalue weighted by atomic mass is 35.5. The van der Waals surface area contributed by atoms with E-state index in [9.17, 15) is 17.6 Å². The number of nitrogens with two attached hydrogens (primary N) is 1. The molecule has 1 rings (SSSR count). The van der Waals surface area contributed by atoms with Crippen molar-refractivity contribution in [3.63, 3.8) is 0 Å². The van der Waals surface area contributed by atoms with E-state index in [1.807, 2.05) is 0 Å². The van der Waals surface area contributed by atoms with Crippen LogP contribution < -0.4 is 5.73 Å². The number of benzene rings is 1. The maximum atomic E-state index is 13.0. The predicted molar refractivity (Wildman–Crippen MR) is 51.2 cm³/mol. The number of hydrogen-bond acceptors (Lipinski definition) is 1. The standard InChI is InChI=1S/C9H9F4N.ClH/c10-5-2-1-3-6(11)9(5)7(14)4-8(12)13;/h1-3,7-8H,4,14H2;1H/t7-;/m1./s1. The van der Waals surface area contributed by atoms with Crippen LogP contribution >= 0.6 is 12.4 Å². The van der Waals surface area contributed by atoms with Crippen LogP contribution in [0.1, 0.15) is 18.0 Å². The summed E-state index contributed by atoms with van der Waals surface area (Å²) in [5.41, 5.74) is 4.76. The summed E-state index contributed by atoms with van der Waals surface area (Å²) in [6.45, 7) is 0.